The maximum Gasteiger partial charge on any atom is 0.192 e. The molecule has 0 saturated carbocycles. The topological polar surface area (TPSA) is 58.9 Å². The Balaban J connectivity index is 4.68. The van der Waals surface area contributed by atoms with Crippen molar-refractivity contribution in [3.8, 4) is 0 Å². The number of hydrogen-bond acceptors (Lipinski definition) is 4. The minimum Gasteiger partial charge on any atom is -0.414 e. The van der Waals surface area contributed by atoms with Gasteiger partial charge in [0.15, 0.2) is 8.32 Å². The first kappa shape index (κ1) is 19.1. The van der Waals surface area contributed by atoms with E-state index in [1.807, 2.05) is 20.8 Å². The summed E-state index contributed by atoms with van der Waals surface area (Å²) in [6.07, 6.45) is -1.41. The quantitative estimate of drug-likeness (QED) is 0.739. The summed E-state index contributed by atoms with van der Waals surface area (Å²) >= 11 is 0. The van der Waals surface area contributed by atoms with Crippen molar-refractivity contribution in [3.05, 3.63) is 0 Å². The highest BCUT2D eigenvalue weighted by atomic mass is 28.4. The van der Waals surface area contributed by atoms with E-state index in [0.29, 0.717) is 6.61 Å². The second kappa shape index (κ2) is 6.67. The molecule has 0 rings (SSSR count). The third kappa shape index (κ3) is 6.86. The van der Waals surface area contributed by atoms with Gasteiger partial charge >= 0.3 is 0 Å². The summed E-state index contributed by atoms with van der Waals surface area (Å²) in [5, 5.41) is 19.1. The van der Waals surface area contributed by atoms with Gasteiger partial charge in [-0.1, -0.05) is 20.8 Å². The Labute approximate surface area is 119 Å². The molecular weight excluding hydrogens is 260 g/mol. The summed E-state index contributed by atoms with van der Waals surface area (Å²) in [7, 11) is -1.87. The Morgan fingerprint density at radius 1 is 1.05 bits per heavy atom. The van der Waals surface area contributed by atoms with Gasteiger partial charge in [0.05, 0.1) is 18.8 Å². The molecule has 0 amide bonds. The molecule has 0 bridgehead atoms. The summed E-state index contributed by atoms with van der Waals surface area (Å²) in [6, 6.07) is 0. The van der Waals surface area contributed by atoms with Crippen molar-refractivity contribution in [3.63, 3.8) is 0 Å². The molecule has 0 fully saturated rings. The highest BCUT2D eigenvalue weighted by molar-refractivity contribution is 6.74. The minimum absolute atomic E-state index is 0.115. The molecule has 0 aromatic carbocycles. The third-order valence-electron chi connectivity index (χ3n) is 3.54. The molecule has 0 radical (unpaired) electrons. The molecule has 0 aliphatic heterocycles. The fourth-order valence-corrected chi connectivity index (χ4v) is 2.32. The summed E-state index contributed by atoms with van der Waals surface area (Å²) in [4.78, 5) is 0. The Bertz CT molecular complexity index is 266. The normalized spacial score (nSPS) is 17.4. The molecule has 2 N–H and O–H groups in total. The lowest BCUT2D eigenvalue weighted by Gasteiger charge is -2.38. The number of aliphatic hydroxyl groups excluding tert-OH is 2. The summed E-state index contributed by atoms with van der Waals surface area (Å²) < 4.78 is 11.9. The molecule has 0 spiro atoms. The van der Waals surface area contributed by atoms with Crippen LogP contribution >= 0.6 is 0 Å². The zero-order valence-corrected chi connectivity index (χ0v) is 14.8. The van der Waals surface area contributed by atoms with E-state index in [1.165, 1.54) is 0 Å². The van der Waals surface area contributed by atoms with Crippen LogP contribution in [-0.2, 0) is 9.16 Å². The molecule has 5 heteroatoms. The van der Waals surface area contributed by atoms with Crippen molar-refractivity contribution in [1.82, 2.24) is 0 Å². The van der Waals surface area contributed by atoms with Crippen LogP contribution in [0.25, 0.3) is 0 Å². The average Bonchev–Trinajstić information content (AvgIpc) is 2.19. The van der Waals surface area contributed by atoms with Crippen LogP contribution in [0.1, 0.15) is 41.5 Å². The molecule has 0 aromatic heterocycles. The van der Waals surface area contributed by atoms with E-state index in [4.69, 9.17) is 14.3 Å². The van der Waals surface area contributed by atoms with E-state index < -0.39 is 20.5 Å². The fraction of sp³-hybridized carbons (Fsp3) is 1.00. The van der Waals surface area contributed by atoms with Crippen LogP contribution in [0.15, 0.2) is 0 Å². The minimum atomic E-state index is -1.87. The van der Waals surface area contributed by atoms with E-state index in [-0.39, 0.29) is 17.2 Å². The molecule has 2 atom stereocenters. The number of aliphatic hydroxyl groups is 2. The molecule has 4 nitrogen and oxygen atoms in total. The van der Waals surface area contributed by atoms with Crippen LogP contribution in [0.4, 0.5) is 0 Å². The van der Waals surface area contributed by atoms with E-state index in [1.54, 1.807) is 0 Å². The van der Waals surface area contributed by atoms with E-state index in [9.17, 15) is 5.11 Å². The van der Waals surface area contributed by atoms with Crippen molar-refractivity contribution in [2.45, 2.75) is 77.5 Å². The Hall–Kier alpha value is 0.0569. The summed E-state index contributed by atoms with van der Waals surface area (Å²) in [5.41, 5.74) is -0.377. The summed E-state index contributed by atoms with van der Waals surface area (Å²) in [5.74, 6) is 0. The smallest absolute Gasteiger partial charge is 0.192 e. The number of ether oxygens (including phenoxy) is 1. The van der Waals surface area contributed by atoms with Crippen LogP contribution in [-0.4, -0.2) is 49.6 Å². The molecule has 116 valence electrons. The zero-order valence-electron chi connectivity index (χ0n) is 13.8. The van der Waals surface area contributed by atoms with Gasteiger partial charge in [0.25, 0.3) is 0 Å². The van der Waals surface area contributed by atoms with E-state index >= 15 is 0 Å². The molecule has 0 aliphatic rings. The molecular formula is C14H32O4Si. The van der Waals surface area contributed by atoms with Gasteiger partial charge in [-0.25, -0.2) is 0 Å². The average molecular weight is 292 g/mol. The first-order chi connectivity index (χ1) is 8.30. The van der Waals surface area contributed by atoms with Gasteiger partial charge in [0.2, 0.25) is 0 Å². The first-order valence-corrected chi connectivity index (χ1v) is 9.82. The number of hydrogen-bond donors (Lipinski definition) is 2. The van der Waals surface area contributed by atoms with E-state index in [2.05, 4.69) is 33.9 Å². The maximum atomic E-state index is 9.84. The third-order valence-corrected chi connectivity index (χ3v) is 8.04. The Kier molecular flexibility index (Phi) is 6.69. The molecule has 0 heterocycles. The monoisotopic (exact) mass is 292 g/mol. The van der Waals surface area contributed by atoms with Gasteiger partial charge in [-0.05, 0) is 38.9 Å². The van der Waals surface area contributed by atoms with Crippen molar-refractivity contribution < 1.29 is 19.4 Å². The SMILES string of the molecule is CC(C)(C)O[C@@H](CO[Si](C)(C)C(C)(C)C)[C@@H](O)CO. The second-order valence-corrected chi connectivity index (χ2v) is 12.4. The second-order valence-electron chi connectivity index (χ2n) is 7.59. The molecule has 0 aliphatic carbocycles. The summed E-state index contributed by atoms with van der Waals surface area (Å²) in [6.45, 7) is 16.6. The van der Waals surface area contributed by atoms with Gasteiger partial charge in [-0.15, -0.1) is 0 Å². The van der Waals surface area contributed by atoms with Gasteiger partial charge in [-0.3, -0.25) is 0 Å². The molecule has 19 heavy (non-hydrogen) atoms. The first-order valence-electron chi connectivity index (χ1n) is 6.91. The Morgan fingerprint density at radius 2 is 1.53 bits per heavy atom. The lowest BCUT2D eigenvalue weighted by Crippen LogP contribution is -2.47. The largest absolute Gasteiger partial charge is 0.414 e. The maximum absolute atomic E-state index is 9.84. The van der Waals surface area contributed by atoms with Crippen molar-refractivity contribution in [2.24, 2.45) is 0 Å². The zero-order chi connectivity index (χ0) is 15.5. The van der Waals surface area contributed by atoms with Gasteiger partial charge in [-0.2, -0.15) is 0 Å². The predicted molar refractivity (Wildman–Crippen MR) is 80.9 cm³/mol. The lowest BCUT2D eigenvalue weighted by molar-refractivity contribution is -0.134. The van der Waals surface area contributed by atoms with Crippen LogP contribution < -0.4 is 0 Å². The molecule has 0 saturated heterocycles. The van der Waals surface area contributed by atoms with Crippen LogP contribution in [0, 0.1) is 0 Å². The van der Waals surface area contributed by atoms with Gasteiger partial charge in [0.1, 0.15) is 12.2 Å². The van der Waals surface area contributed by atoms with Gasteiger partial charge in [0, 0.05) is 0 Å². The molecule has 0 unspecified atom stereocenters. The highest BCUT2D eigenvalue weighted by Gasteiger charge is 2.38. The standard InChI is InChI=1S/C14H32O4Si/c1-13(2,3)18-12(11(16)9-15)10-17-19(7,8)14(4,5)6/h11-12,15-16H,9-10H2,1-8H3/t11-,12-/m0/s1. The number of rotatable bonds is 6. The van der Waals surface area contributed by atoms with Gasteiger partial charge < -0.3 is 19.4 Å². The van der Waals surface area contributed by atoms with Crippen LogP contribution in [0.2, 0.25) is 18.1 Å². The van der Waals surface area contributed by atoms with E-state index in [0.717, 1.165) is 0 Å². The fourth-order valence-electron chi connectivity index (χ4n) is 1.30. The Morgan fingerprint density at radius 3 is 1.84 bits per heavy atom. The van der Waals surface area contributed by atoms with Crippen LogP contribution in [0.3, 0.4) is 0 Å². The molecule has 0 aromatic rings. The van der Waals surface area contributed by atoms with Crippen molar-refractivity contribution in [1.29, 1.82) is 0 Å². The lowest BCUT2D eigenvalue weighted by atomic mass is 10.1. The van der Waals surface area contributed by atoms with Crippen LogP contribution in [0.5, 0.6) is 0 Å². The van der Waals surface area contributed by atoms with Crippen molar-refractivity contribution in [2.75, 3.05) is 13.2 Å². The predicted octanol–water partition coefficient (Wildman–Crippen LogP) is 2.55. The highest BCUT2D eigenvalue weighted by Crippen LogP contribution is 2.36. The van der Waals surface area contributed by atoms with Crippen molar-refractivity contribution >= 4 is 8.32 Å².